The summed E-state index contributed by atoms with van der Waals surface area (Å²) in [6.45, 7) is 0.714. The zero-order valence-corrected chi connectivity index (χ0v) is 18.1. The van der Waals surface area contributed by atoms with Crippen LogP contribution >= 0.6 is 12.2 Å². The number of para-hydroxylation sites is 1. The van der Waals surface area contributed by atoms with Crippen molar-refractivity contribution in [2.24, 2.45) is 0 Å². The molecule has 1 aliphatic rings. The van der Waals surface area contributed by atoms with Crippen LogP contribution < -0.4 is 19.1 Å². The third-order valence-corrected chi connectivity index (χ3v) is 5.37. The van der Waals surface area contributed by atoms with E-state index in [-0.39, 0.29) is 12.5 Å². The summed E-state index contributed by atoms with van der Waals surface area (Å²) in [6.07, 6.45) is 0. The zero-order valence-electron chi connectivity index (χ0n) is 17.3. The van der Waals surface area contributed by atoms with E-state index >= 15 is 0 Å². The first kappa shape index (κ1) is 20.7. The Morgan fingerprint density at radius 3 is 2.23 bits per heavy atom. The minimum atomic E-state index is -0.0674. The van der Waals surface area contributed by atoms with E-state index in [0.29, 0.717) is 34.6 Å². The number of benzene rings is 3. The summed E-state index contributed by atoms with van der Waals surface area (Å²) in [7, 11) is 3.19. The van der Waals surface area contributed by atoms with E-state index in [9.17, 15) is 4.79 Å². The maximum atomic E-state index is 12.7. The first-order chi connectivity index (χ1) is 15.1. The van der Waals surface area contributed by atoms with Crippen molar-refractivity contribution < 1.29 is 19.0 Å². The maximum absolute atomic E-state index is 12.7. The van der Waals surface area contributed by atoms with Crippen LogP contribution in [0.2, 0.25) is 0 Å². The SMILES string of the molecule is COc1ccc(CN2CC(=O)N(c3ccc(Oc4ccccc4)cc3)C2=S)cc1OC. The quantitative estimate of drug-likeness (QED) is 0.506. The van der Waals surface area contributed by atoms with Gasteiger partial charge in [-0.1, -0.05) is 24.3 Å². The number of amides is 1. The molecule has 0 aliphatic carbocycles. The summed E-state index contributed by atoms with van der Waals surface area (Å²) in [4.78, 5) is 16.1. The van der Waals surface area contributed by atoms with Gasteiger partial charge in [0.25, 0.3) is 5.91 Å². The molecule has 0 unspecified atom stereocenters. The van der Waals surface area contributed by atoms with E-state index in [1.54, 1.807) is 19.1 Å². The molecule has 4 rings (SSSR count). The van der Waals surface area contributed by atoms with Crippen LogP contribution in [0.5, 0.6) is 23.0 Å². The minimum Gasteiger partial charge on any atom is -0.493 e. The predicted octanol–water partition coefficient (Wildman–Crippen LogP) is 4.63. The number of carbonyl (C=O) groups is 1. The second-order valence-electron chi connectivity index (χ2n) is 6.97. The van der Waals surface area contributed by atoms with Crippen LogP contribution in [0.15, 0.2) is 72.8 Å². The molecular formula is C24H22N2O4S. The molecule has 31 heavy (non-hydrogen) atoms. The number of thiocarbonyl (C=S) groups is 1. The lowest BCUT2D eigenvalue weighted by Gasteiger charge is -2.21. The smallest absolute Gasteiger partial charge is 0.252 e. The molecule has 0 N–H and O–H groups in total. The Morgan fingerprint density at radius 1 is 0.871 bits per heavy atom. The van der Waals surface area contributed by atoms with E-state index in [0.717, 1.165) is 11.3 Å². The summed E-state index contributed by atoms with van der Waals surface area (Å²) < 4.78 is 16.5. The molecule has 158 valence electrons. The summed E-state index contributed by atoms with van der Waals surface area (Å²) in [5.41, 5.74) is 1.69. The monoisotopic (exact) mass is 434 g/mol. The molecule has 1 heterocycles. The van der Waals surface area contributed by atoms with Crippen molar-refractivity contribution in [2.75, 3.05) is 25.7 Å². The number of ether oxygens (including phenoxy) is 3. The van der Waals surface area contributed by atoms with E-state index < -0.39 is 0 Å². The molecule has 0 bridgehead atoms. The topological polar surface area (TPSA) is 51.2 Å². The van der Waals surface area contributed by atoms with Crippen LogP contribution in [0, 0.1) is 0 Å². The fourth-order valence-corrected chi connectivity index (χ4v) is 3.75. The normalized spacial score (nSPS) is 13.5. The van der Waals surface area contributed by atoms with Gasteiger partial charge in [-0.25, -0.2) is 0 Å². The van der Waals surface area contributed by atoms with Crippen molar-refractivity contribution in [3.8, 4) is 23.0 Å². The average Bonchev–Trinajstić information content (AvgIpc) is 3.07. The lowest BCUT2D eigenvalue weighted by molar-refractivity contribution is -0.116. The first-order valence-electron chi connectivity index (χ1n) is 9.75. The van der Waals surface area contributed by atoms with Gasteiger partial charge in [0.2, 0.25) is 0 Å². The highest BCUT2D eigenvalue weighted by Gasteiger charge is 2.33. The summed E-state index contributed by atoms with van der Waals surface area (Å²) in [6, 6.07) is 22.5. The number of anilines is 1. The van der Waals surface area contributed by atoms with Gasteiger partial charge in [-0.15, -0.1) is 0 Å². The molecule has 0 aromatic heterocycles. The molecule has 1 saturated heterocycles. The predicted molar refractivity (Wildman–Crippen MR) is 123 cm³/mol. The van der Waals surface area contributed by atoms with Crippen molar-refractivity contribution in [3.05, 3.63) is 78.4 Å². The zero-order chi connectivity index (χ0) is 21.8. The van der Waals surface area contributed by atoms with Gasteiger partial charge in [-0.2, -0.15) is 0 Å². The van der Waals surface area contributed by atoms with Gasteiger partial charge in [-0.05, 0) is 66.3 Å². The minimum absolute atomic E-state index is 0.0674. The van der Waals surface area contributed by atoms with Gasteiger partial charge >= 0.3 is 0 Å². The van der Waals surface area contributed by atoms with Crippen molar-refractivity contribution in [1.29, 1.82) is 0 Å². The summed E-state index contributed by atoms with van der Waals surface area (Å²) >= 11 is 5.61. The second-order valence-corrected chi connectivity index (χ2v) is 7.33. The van der Waals surface area contributed by atoms with Gasteiger partial charge in [-0.3, -0.25) is 9.69 Å². The third-order valence-electron chi connectivity index (χ3n) is 4.93. The van der Waals surface area contributed by atoms with Crippen LogP contribution in [-0.4, -0.2) is 36.7 Å². The van der Waals surface area contributed by atoms with Crippen molar-refractivity contribution in [3.63, 3.8) is 0 Å². The second kappa shape index (κ2) is 9.06. The highest BCUT2D eigenvalue weighted by atomic mass is 32.1. The van der Waals surface area contributed by atoms with Gasteiger partial charge in [0.1, 0.15) is 18.0 Å². The highest BCUT2D eigenvalue weighted by Crippen LogP contribution is 2.30. The fourth-order valence-electron chi connectivity index (χ4n) is 3.41. The van der Waals surface area contributed by atoms with Gasteiger partial charge in [0.15, 0.2) is 16.6 Å². The Balaban J connectivity index is 1.47. The largest absolute Gasteiger partial charge is 0.493 e. The number of rotatable bonds is 7. The van der Waals surface area contributed by atoms with E-state index in [4.69, 9.17) is 26.4 Å². The van der Waals surface area contributed by atoms with Crippen LogP contribution in [-0.2, 0) is 11.3 Å². The first-order valence-corrected chi connectivity index (χ1v) is 10.2. The Labute approximate surface area is 186 Å². The molecule has 6 nitrogen and oxygen atoms in total. The lowest BCUT2D eigenvalue weighted by Crippen LogP contribution is -2.32. The molecular weight excluding hydrogens is 412 g/mol. The standard InChI is InChI=1S/C24H22N2O4S/c1-28-21-13-8-17(14-22(21)29-2)15-25-16-23(27)26(24(25)31)18-9-11-20(12-10-18)30-19-6-4-3-5-7-19/h3-14H,15-16H2,1-2H3. The number of hydrogen-bond donors (Lipinski definition) is 0. The Morgan fingerprint density at radius 2 is 1.55 bits per heavy atom. The van der Waals surface area contributed by atoms with Crippen molar-refractivity contribution in [1.82, 2.24) is 4.90 Å². The molecule has 0 saturated carbocycles. The van der Waals surface area contributed by atoms with Crippen molar-refractivity contribution in [2.45, 2.75) is 6.54 Å². The summed E-state index contributed by atoms with van der Waals surface area (Å²) in [5, 5.41) is 0.469. The van der Waals surface area contributed by atoms with E-state index in [2.05, 4.69) is 0 Å². The van der Waals surface area contributed by atoms with Crippen LogP contribution in [0.25, 0.3) is 0 Å². The Hall–Kier alpha value is -3.58. The number of carbonyl (C=O) groups excluding carboxylic acids is 1. The van der Waals surface area contributed by atoms with Crippen LogP contribution in [0.1, 0.15) is 5.56 Å². The molecule has 0 spiro atoms. The van der Waals surface area contributed by atoms with E-state index in [1.807, 2.05) is 77.7 Å². The third kappa shape index (κ3) is 4.46. The maximum Gasteiger partial charge on any atom is 0.252 e. The molecule has 1 amide bonds. The van der Waals surface area contributed by atoms with Gasteiger partial charge < -0.3 is 19.1 Å². The number of hydrogen-bond acceptors (Lipinski definition) is 5. The molecule has 3 aromatic rings. The molecule has 0 atom stereocenters. The number of nitrogens with zero attached hydrogens (tertiary/aromatic N) is 2. The molecule has 7 heteroatoms. The van der Waals surface area contributed by atoms with Gasteiger partial charge in [0, 0.05) is 6.54 Å². The fraction of sp³-hybridized carbons (Fsp3) is 0.167. The highest BCUT2D eigenvalue weighted by molar-refractivity contribution is 7.80. The Kier molecular flexibility index (Phi) is 6.04. The molecule has 1 fully saturated rings. The van der Waals surface area contributed by atoms with Gasteiger partial charge in [0.05, 0.1) is 19.9 Å². The molecule has 0 radical (unpaired) electrons. The van der Waals surface area contributed by atoms with Crippen molar-refractivity contribution >= 4 is 28.9 Å². The molecule has 1 aliphatic heterocycles. The van der Waals surface area contributed by atoms with Crippen LogP contribution in [0.4, 0.5) is 5.69 Å². The number of methoxy groups -OCH3 is 2. The lowest BCUT2D eigenvalue weighted by atomic mass is 10.2. The van der Waals surface area contributed by atoms with E-state index in [1.165, 1.54) is 0 Å². The summed E-state index contributed by atoms with van der Waals surface area (Å²) in [5.74, 6) is 2.68. The molecule has 3 aromatic carbocycles. The average molecular weight is 435 g/mol. The van der Waals surface area contributed by atoms with Crippen LogP contribution in [0.3, 0.4) is 0 Å². The Bertz CT molecular complexity index is 1090.